The van der Waals surface area contributed by atoms with Crippen LogP contribution in [0.1, 0.15) is 25.0 Å². The zero-order valence-corrected chi connectivity index (χ0v) is 12.9. The lowest BCUT2D eigenvalue weighted by atomic mass is 10.0. The summed E-state index contributed by atoms with van der Waals surface area (Å²) in [4.78, 5) is 4.64. The first-order valence-corrected chi connectivity index (χ1v) is 7.25. The number of likely N-dealkylation sites (N-methyl/N-ethyl adjacent to an activating group) is 1. The highest BCUT2D eigenvalue weighted by molar-refractivity contribution is 5.29. The van der Waals surface area contributed by atoms with E-state index in [-0.39, 0.29) is 6.04 Å². The number of ether oxygens (including phenoxy) is 1. The number of methoxy groups -OCH3 is 1. The van der Waals surface area contributed by atoms with E-state index in [1.165, 1.54) is 6.42 Å². The highest BCUT2D eigenvalue weighted by Gasteiger charge is 2.30. The number of benzene rings is 1. The van der Waals surface area contributed by atoms with Gasteiger partial charge in [0.05, 0.1) is 13.2 Å². The number of hydrogen-bond acceptors (Lipinski definition) is 4. The Kier molecular flexibility index (Phi) is 5.02. The van der Waals surface area contributed by atoms with Crippen molar-refractivity contribution in [3.05, 3.63) is 29.8 Å². The standard InChI is InChI=1S/C16H26N2O2/c1-12(18-10-9-14(11-18)17(2)3)16(19)13-5-7-15(20-4)8-6-13/h5-8,12,14,16,19H,9-11H2,1-4H3. The fraction of sp³-hybridized carbons (Fsp3) is 0.625. The van der Waals surface area contributed by atoms with Crippen LogP contribution in [0.5, 0.6) is 5.75 Å². The number of aliphatic hydroxyl groups excluding tert-OH is 1. The molecule has 3 atom stereocenters. The average Bonchev–Trinajstić information content (AvgIpc) is 2.96. The van der Waals surface area contributed by atoms with E-state index < -0.39 is 6.10 Å². The number of nitrogens with zero attached hydrogens (tertiary/aromatic N) is 2. The van der Waals surface area contributed by atoms with Gasteiger partial charge in [-0.3, -0.25) is 4.90 Å². The van der Waals surface area contributed by atoms with Crippen LogP contribution in [0.15, 0.2) is 24.3 Å². The van der Waals surface area contributed by atoms with Crippen LogP contribution in [0.4, 0.5) is 0 Å². The zero-order chi connectivity index (χ0) is 14.7. The molecule has 4 heteroatoms. The molecule has 0 saturated carbocycles. The van der Waals surface area contributed by atoms with Crippen LogP contribution in [0.3, 0.4) is 0 Å². The molecule has 1 saturated heterocycles. The topological polar surface area (TPSA) is 35.9 Å². The van der Waals surface area contributed by atoms with Gasteiger partial charge in [0, 0.05) is 25.2 Å². The molecule has 1 N–H and O–H groups in total. The second kappa shape index (κ2) is 6.57. The van der Waals surface area contributed by atoms with Gasteiger partial charge in [-0.1, -0.05) is 12.1 Å². The largest absolute Gasteiger partial charge is 0.497 e. The van der Waals surface area contributed by atoms with Crippen molar-refractivity contribution in [3.8, 4) is 5.75 Å². The van der Waals surface area contributed by atoms with E-state index >= 15 is 0 Å². The molecule has 0 radical (unpaired) electrons. The summed E-state index contributed by atoms with van der Waals surface area (Å²) in [6, 6.07) is 8.42. The zero-order valence-electron chi connectivity index (χ0n) is 12.9. The van der Waals surface area contributed by atoms with Crippen LogP contribution >= 0.6 is 0 Å². The molecule has 112 valence electrons. The van der Waals surface area contributed by atoms with Crippen LogP contribution in [-0.2, 0) is 0 Å². The second-order valence-corrected chi connectivity index (χ2v) is 5.86. The Balaban J connectivity index is 1.99. The maximum atomic E-state index is 10.5. The highest BCUT2D eigenvalue weighted by atomic mass is 16.5. The summed E-state index contributed by atoms with van der Waals surface area (Å²) in [6.45, 7) is 4.19. The Morgan fingerprint density at radius 1 is 1.30 bits per heavy atom. The highest BCUT2D eigenvalue weighted by Crippen LogP contribution is 2.26. The van der Waals surface area contributed by atoms with Gasteiger partial charge in [0.15, 0.2) is 0 Å². The maximum absolute atomic E-state index is 10.5. The van der Waals surface area contributed by atoms with Crippen molar-refractivity contribution in [3.63, 3.8) is 0 Å². The third-order valence-corrected chi connectivity index (χ3v) is 4.42. The average molecular weight is 278 g/mol. The summed E-state index contributed by atoms with van der Waals surface area (Å²) in [5.74, 6) is 0.822. The lowest BCUT2D eigenvalue weighted by Gasteiger charge is -2.29. The SMILES string of the molecule is COc1ccc(C(O)C(C)N2CCC(N(C)C)C2)cc1. The monoisotopic (exact) mass is 278 g/mol. The van der Waals surface area contributed by atoms with Crippen molar-refractivity contribution in [2.75, 3.05) is 34.3 Å². The molecular weight excluding hydrogens is 252 g/mol. The van der Waals surface area contributed by atoms with Crippen LogP contribution in [0, 0.1) is 0 Å². The van der Waals surface area contributed by atoms with Gasteiger partial charge in [0.1, 0.15) is 5.75 Å². The van der Waals surface area contributed by atoms with Gasteiger partial charge in [0.2, 0.25) is 0 Å². The van der Waals surface area contributed by atoms with Crippen LogP contribution in [0.25, 0.3) is 0 Å². The van der Waals surface area contributed by atoms with Gasteiger partial charge < -0.3 is 14.7 Å². The van der Waals surface area contributed by atoms with E-state index in [1.54, 1.807) is 7.11 Å². The quantitative estimate of drug-likeness (QED) is 0.890. The van der Waals surface area contributed by atoms with Gasteiger partial charge in [0.25, 0.3) is 0 Å². The van der Waals surface area contributed by atoms with Crippen molar-refractivity contribution in [1.82, 2.24) is 9.80 Å². The Labute approximate surface area is 122 Å². The summed E-state index contributed by atoms with van der Waals surface area (Å²) >= 11 is 0. The third-order valence-electron chi connectivity index (χ3n) is 4.42. The molecule has 1 aromatic carbocycles. The van der Waals surface area contributed by atoms with E-state index in [9.17, 15) is 5.11 Å². The van der Waals surface area contributed by atoms with E-state index in [0.717, 1.165) is 24.4 Å². The molecule has 1 aliphatic heterocycles. The van der Waals surface area contributed by atoms with Gasteiger partial charge in [-0.05, 0) is 45.1 Å². The Morgan fingerprint density at radius 2 is 1.95 bits per heavy atom. The molecule has 0 bridgehead atoms. The Bertz CT molecular complexity index is 419. The first-order chi connectivity index (χ1) is 9.52. The summed E-state index contributed by atoms with van der Waals surface area (Å²) < 4.78 is 5.15. The minimum absolute atomic E-state index is 0.133. The Morgan fingerprint density at radius 3 is 2.45 bits per heavy atom. The molecule has 1 heterocycles. The summed E-state index contributed by atoms with van der Waals surface area (Å²) in [7, 11) is 5.90. The molecule has 3 unspecified atom stereocenters. The molecule has 0 spiro atoms. The Hall–Kier alpha value is -1.10. The molecule has 0 amide bonds. The minimum atomic E-state index is -0.457. The predicted octanol–water partition coefficient (Wildman–Crippen LogP) is 1.75. The molecule has 0 aromatic heterocycles. The minimum Gasteiger partial charge on any atom is -0.497 e. The molecule has 4 nitrogen and oxygen atoms in total. The molecule has 20 heavy (non-hydrogen) atoms. The van der Waals surface area contributed by atoms with E-state index in [0.29, 0.717) is 6.04 Å². The van der Waals surface area contributed by atoms with Gasteiger partial charge >= 0.3 is 0 Å². The van der Waals surface area contributed by atoms with Gasteiger partial charge in [-0.2, -0.15) is 0 Å². The fourth-order valence-electron chi connectivity index (χ4n) is 2.84. The summed E-state index contributed by atoms with van der Waals surface area (Å²) in [5, 5.41) is 10.5. The van der Waals surface area contributed by atoms with Crippen LogP contribution in [-0.4, -0.2) is 61.3 Å². The molecule has 1 aliphatic rings. The van der Waals surface area contributed by atoms with Crippen molar-refractivity contribution >= 4 is 0 Å². The van der Waals surface area contributed by atoms with Crippen molar-refractivity contribution < 1.29 is 9.84 Å². The first kappa shape index (κ1) is 15.3. The number of likely N-dealkylation sites (tertiary alicyclic amines) is 1. The van der Waals surface area contributed by atoms with Crippen molar-refractivity contribution in [2.45, 2.75) is 31.5 Å². The maximum Gasteiger partial charge on any atom is 0.118 e. The number of rotatable bonds is 5. The van der Waals surface area contributed by atoms with Gasteiger partial charge in [-0.25, -0.2) is 0 Å². The third kappa shape index (κ3) is 3.32. The summed E-state index contributed by atoms with van der Waals surface area (Å²) in [5.41, 5.74) is 0.951. The molecule has 1 aromatic rings. The fourth-order valence-corrected chi connectivity index (χ4v) is 2.84. The second-order valence-electron chi connectivity index (χ2n) is 5.86. The van der Waals surface area contributed by atoms with Crippen molar-refractivity contribution in [1.29, 1.82) is 0 Å². The van der Waals surface area contributed by atoms with Gasteiger partial charge in [-0.15, -0.1) is 0 Å². The first-order valence-electron chi connectivity index (χ1n) is 7.25. The molecular formula is C16H26N2O2. The lowest BCUT2D eigenvalue weighted by molar-refractivity contribution is 0.0679. The van der Waals surface area contributed by atoms with Crippen LogP contribution < -0.4 is 4.74 Å². The van der Waals surface area contributed by atoms with E-state index in [4.69, 9.17) is 4.74 Å². The van der Waals surface area contributed by atoms with E-state index in [2.05, 4.69) is 30.8 Å². The number of hydrogen-bond donors (Lipinski definition) is 1. The normalized spacial score (nSPS) is 23.0. The lowest BCUT2D eigenvalue weighted by Crippen LogP contribution is -2.38. The van der Waals surface area contributed by atoms with E-state index in [1.807, 2.05) is 24.3 Å². The van der Waals surface area contributed by atoms with Crippen molar-refractivity contribution in [2.24, 2.45) is 0 Å². The number of aliphatic hydroxyl groups is 1. The van der Waals surface area contributed by atoms with Crippen LogP contribution in [0.2, 0.25) is 0 Å². The smallest absolute Gasteiger partial charge is 0.118 e. The molecule has 1 fully saturated rings. The predicted molar refractivity (Wildman–Crippen MR) is 81.1 cm³/mol. The summed E-state index contributed by atoms with van der Waals surface area (Å²) in [6.07, 6.45) is 0.717. The molecule has 2 rings (SSSR count). The molecule has 0 aliphatic carbocycles.